The number of β-amino-alcohol motifs (C(OH)–C–C–N with tert-alkyl or cyclic N) is 2. The van der Waals surface area contributed by atoms with Crippen LogP contribution >= 0.6 is 15.2 Å². The first kappa shape index (κ1) is 52.9. The van der Waals surface area contributed by atoms with E-state index in [0.29, 0.717) is 45.4 Å². The summed E-state index contributed by atoms with van der Waals surface area (Å²) in [5, 5.41) is 60.1. The second-order valence-electron chi connectivity index (χ2n) is 15.4. The molecule has 2 aliphatic heterocycles. The van der Waals surface area contributed by atoms with E-state index in [1.165, 1.54) is 9.80 Å². The predicted molar refractivity (Wildman–Crippen MR) is 212 cm³/mol. The van der Waals surface area contributed by atoms with E-state index < -0.39 is 63.8 Å². The number of rotatable bonds is 20. The molecule has 0 aromatic heterocycles. The van der Waals surface area contributed by atoms with E-state index in [2.05, 4.69) is 0 Å². The number of aliphatic carboxylic acids is 4. The van der Waals surface area contributed by atoms with Crippen molar-refractivity contribution in [2.45, 2.75) is 31.5 Å². The molecule has 2 rings (SSSR count). The van der Waals surface area contributed by atoms with Gasteiger partial charge >= 0.3 is 39.1 Å². The lowest BCUT2D eigenvalue weighted by Gasteiger charge is -2.34. The Hall–Kier alpha value is -2.22. The average molecular weight is 893 g/mol. The van der Waals surface area contributed by atoms with Crippen LogP contribution in [0.1, 0.15) is 19.3 Å². The molecule has 2 heterocycles. The zero-order chi connectivity index (χ0) is 44.2. The summed E-state index contributed by atoms with van der Waals surface area (Å²) in [7, 11) is -8.89. The van der Waals surface area contributed by atoms with E-state index in [4.69, 9.17) is 0 Å². The summed E-state index contributed by atoms with van der Waals surface area (Å²) in [6.07, 6.45) is -1.80. The largest absolute Gasteiger partial charge is 0.480 e. The molecule has 0 aliphatic carbocycles. The SMILES string of the molecule is O=C(O)CN1CCN(CC(O)CCCC(O)CN2CCN(CC(=O)O)CCN(CP(=O)(O)O)CCN(CC(=O)O)CC2)CCN(CC(=O)O)CCN(CP(=O)(O)O)CC1. The molecule has 0 saturated carbocycles. The molecule has 10 N–H and O–H groups in total. The second-order valence-corrected chi connectivity index (χ2v) is 18.6. The molecule has 0 radical (unpaired) electrons. The fourth-order valence-electron chi connectivity index (χ4n) is 7.09. The van der Waals surface area contributed by atoms with Gasteiger partial charge in [0, 0.05) is 118 Å². The standard InChI is InChI=1S/C33H66N8O16P2/c42-28(20-34-4-8-36(22-30(44)45)12-16-40(26-58(52,53)54)17-13-37(9-5-34)23-31(46)47)2-1-3-29(43)21-35-6-10-38(24-32(48)49)14-18-41(27-59(55,56)57)19-15-39(11-7-35)25-33(50)51/h28-29,42-43H,1-27H2,(H,44,45)(H,46,47)(H,48,49)(H,50,51)(H2,52,53,54)(H2,55,56,57). The lowest BCUT2D eigenvalue weighted by atomic mass is 10.1. The van der Waals surface area contributed by atoms with Crippen molar-refractivity contribution in [1.29, 1.82) is 0 Å². The summed E-state index contributed by atoms with van der Waals surface area (Å²) in [4.78, 5) is 98.1. The number of carboxylic acids is 4. The number of carbonyl (C=O) groups is 4. The number of hydrogen-bond acceptors (Lipinski definition) is 16. The minimum absolute atomic E-state index is 0.142. The number of aliphatic hydroxyl groups is 2. The van der Waals surface area contributed by atoms with Crippen LogP contribution in [0.5, 0.6) is 0 Å². The highest BCUT2D eigenvalue weighted by Gasteiger charge is 2.26. The van der Waals surface area contributed by atoms with Crippen molar-refractivity contribution in [2.24, 2.45) is 0 Å². The number of carboxylic acid groups (broad SMARTS) is 4. The fourth-order valence-corrected chi connectivity index (χ4v) is 8.70. The quantitative estimate of drug-likeness (QED) is 0.0520. The Morgan fingerprint density at radius 3 is 0.797 bits per heavy atom. The van der Waals surface area contributed by atoms with Crippen molar-refractivity contribution in [3.05, 3.63) is 0 Å². The highest BCUT2D eigenvalue weighted by Crippen LogP contribution is 2.35. The van der Waals surface area contributed by atoms with E-state index in [1.54, 1.807) is 19.6 Å². The van der Waals surface area contributed by atoms with Crippen molar-refractivity contribution < 1.29 is 78.5 Å². The van der Waals surface area contributed by atoms with E-state index in [1.807, 2.05) is 9.80 Å². The number of aliphatic hydroxyl groups excluding tert-OH is 2. The van der Waals surface area contributed by atoms with Crippen LogP contribution in [-0.4, -0.2) is 282 Å². The average Bonchev–Trinajstić information content (AvgIpc) is 3.08. The number of hydrogen-bond donors (Lipinski definition) is 10. The molecule has 0 bridgehead atoms. The van der Waals surface area contributed by atoms with Gasteiger partial charge in [-0.05, 0) is 19.3 Å². The lowest BCUT2D eigenvalue weighted by molar-refractivity contribution is -0.139. The van der Waals surface area contributed by atoms with Crippen molar-refractivity contribution >= 4 is 39.1 Å². The van der Waals surface area contributed by atoms with Gasteiger partial charge in [-0.25, -0.2) is 0 Å². The van der Waals surface area contributed by atoms with Gasteiger partial charge in [0.2, 0.25) is 0 Å². The molecule has 0 aromatic rings. The van der Waals surface area contributed by atoms with E-state index in [-0.39, 0.29) is 118 Å². The van der Waals surface area contributed by atoms with Crippen LogP contribution in [0.25, 0.3) is 0 Å². The van der Waals surface area contributed by atoms with Gasteiger partial charge in [-0.3, -0.25) is 67.5 Å². The molecule has 2 aliphatic rings. The van der Waals surface area contributed by atoms with Crippen LogP contribution < -0.4 is 0 Å². The first-order valence-electron chi connectivity index (χ1n) is 19.7. The monoisotopic (exact) mass is 892 g/mol. The van der Waals surface area contributed by atoms with Crippen LogP contribution in [0.4, 0.5) is 0 Å². The Bertz CT molecular complexity index is 1230. The molecular weight excluding hydrogens is 826 g/mol. The fraction of sp³-hybridized carbons (Fsp3) is 0.879. The summed E-state index contributed by atoms with van der Waals surface area (Å²) < 4.78 is 23.5. The molecule has 344 valence electrons. The van der Waals surface area contributed by atoms with E-state index in [9.17, 15) is 78.5 Å². The Balaban J connectivity index is 2.05. The van der Waals surface area contributed by atoms with E-state index >= 15 is 0 Å². The van der Waals surface area contributed by atoms with Crippen LogP contribution in [0, 0.1) is 0 Å². The predicted octanol–water partition coefficient (Wildman–Crippen LogP) is -4.07. The Labute approximate surface area is 344 Å². The highest BCUT2D eigenvalue weighted by molar-refractivity contribution is 7.51. The molecule has 0 aromatic carbocycles. The highest BCUT2D eigenvalue weighted by atomic mass is 31.2. The smallest absolute Gasteiger partial charge is 0.339 e. The van der Waals surface area contributed by atoms with Crippen LogP contribution in [0.15, 0.2) is 0 Å². The van der Waals surface area contributed by atoms with Gasteiger partial charge in [-0.2, -0.15) is 0 Å². The van der Waals surface area contributed by atoms with Crippen LogP contribution in [0.2, 0.25) is 0 Å². The lowest BCUT2D eigenvalue weighted by Crippen LogP contribution is -2.49. The minimum atomic E-state index is -4.44. The van der Waals surface area contributed by atoms with Crippen molar-refractivity contribution in [3.63, 3.8) is 0 Å². The molecule has 0 amide bonds. The summed E-state index contributed by atoms with van der Waals surface area (Å²) in [6.45, 7) is 2.74. The topological polar surface area (TPSA) is 331 Å². The zero-order valence-electron chi connectivity index (χ0n) is 33.6. The molecule has 2 unspecified atom stereocenters. The maximum absolute atomic E-state index is 11.8. The molecule has 24 nitrogen and oxygen atoms in total. The number of nitrogens with zero attached hydrogens (tertiary/aromatic N) is 8. The zero-order valence-corrected chi connectivity index (χ0v) is 35.4. The molecular formula is C33H66N8O16P2. The first-order valence-corrected chi connectivity index (χ1v) is 23.3. The third-order valence-corrected chi connectivity index (χ3v) is 11.6. The summed E-state index contributed by atoms with van der Waals surface area (Å²) in [5.41, 5.74) is 0. The molecule has 59 heavy (non-hydrogen) atoms. The van der Waals surface area contributed by atoms with Crippen molar-refractivity contribution in [2.75, 3.05) is 157 Å². The molecule has 2 fully saturated rings. The molecule has 26 heteroatoms. The summed E-state index contributed by atoms with van der Waals surface area (Å²) in [5.74, 6) is -4.31. The van der Waals surface area contributed by atoms with Gasteiger partial charge in [0.25, 0.3) is 0 Å². The van der Waals surface area contributed by atoms with Crippen LogP contribution in [0.3, 0.4) is 0 Å². The minimum Gasteiger partial charge on any atom is -0.480 e. The van der Waals surface area contributed by atoms with Gasteiger partial charge in [0.1, 0.15) is 12.6 Å². The maximum Gasteiger partial charge on any atom is 0.339 e. The van der Waals surface area contributed by atoms with Gasteiger partial charge in [0.15, 0.2) is 0 Å². The van der Waals surface area contributed by atoms with Gasteiger partial charge in [0.05, 0.1) is 38.4 Å². The van der Waals surface area contributed by atoms with Gasteiger partial charge < -0.3 is 50.2 Å². The summed E-state index contributed by atoms with van der Waals surface area (Å²) >= 11 is 0. The molecule has 0 spiro atoms. The molecule has 2 saturated heterocycles. The van der Waals surface area contributed by atoms with Crippen molar-refractivity contribution in [1.82, 2.24) is 39.2 Å². The van der Waals surface area contributed by atoms with E-state index in [0.717, 1.165) is 0 Å². The summed E-state index contributed by atoms with van der Waals surface area (Å²) in [6, 6.07) is 0. The van der Waals surface area contributed by atoms with Crippen molar-refractivity contribution in [3.8, 4) is 0 Å². The second kappa shape index (κ2) is 27.0. The van der Waals surface area contributed by atoms with Crippen LogP contribution in [-0.2, 0) is 28.3 Å². The third kappa shape index (κ3) is 26.7. The molecule has 2 atom stereocenters. The van der Waals surface area contributed by atoms with Gasteiger partial charge in [-0.15, -0.1) is 0 Å². The Morgan fingerprint density at radius 1 is 0.390 bits per heavy atom. The Kier molecular flexibility index (Phi) is 24.2. The van der Waals surface area contributed by atoms with Gasteiger partial charge in [-0.1, -0.05) is 0 Å². The Morgan fingerprint density at radius 2 is 0.593 bits per heavy atom. The normalized spacial score (nSPS) is 21.4. The first-order chi connectivity index (χ1) is 27.5. The maximum atomic E-state index is 11.8. The third-order valence-electron chi connectivity index (χ3n) is 10.1.